The van der Waals surface area contributed by atoms with Crippen molar-refractivity contribution in [2.24, 2.45) is 0 Å². The van der Waals surface area contributed by atoms with Crippen LogP contribution in [0.25, 0.3) is 22.3 Å². The van der Waals surface area contributed by atoms with E-state index in [0.717, 1.165) is 12.1 Å². The van der Waals surface area contributed by atoms with E-state index in [1.807, 2.05) is 12.1 Å². The molecule has 0 saturated heterocycles. The lowest BCUT2D eigenvalue weighted by molar-refractivity contribution is 1.15. The van der Waals surface area contributed by atoms with Crippen LogP contribution in [-0.4, -0.2) is 19.9 Å². The van der Waals surface area contributed by atoms with Gasteiger partial charge in [-0.25, -0.2) is 4.98 Å². The third kappa shape index (κ3) is 1.86. The maximum Gasteiger partial charge on any atom is 0.278 e. The van der Waals surface area contributed by atoms with Crippen LogP contribution < -0.4 is 10.9 Å². The van der Waals surface area contributed by atoms with Crippen LogP contribution in [0.3, 0.4) is 0 Å². The Morgan fingerprint density at radius 3 is 2.88 bits per heavy atom. The number of imidazole rings is 1. The fourth-order valence-electron chi connectivity index (χ4n) is 3.30. The molecule has 3 N–H and O–H groups in total. The summed E-state index contributed by atoms with van der Waals surface area (Å²) in [4.78, 5) is 26.0. The predicted octanol–water partition coefficient (Wildman–Crippen LogP) is 2.96. The van der Waals surface area contributed by atoms with Crippen LogP contribution in [0.5, 0.6) is 0 Å². The SMILES string of the molecule is O=c1[nH]c(Nc2cccc3c2Cc2ccccc2-3)nc2nc[nH]c12. The fraction of sp³-hybridized carbons (Fsp3) is 0.0556. The topological polar surface area (TPSA) is 86.5 Å². The van der Waals surface area contributed by atoms with E-state index >= 15 is 0 Å². The zero-order valence-corrected chi connectivity index (χ0v) is 12.6. The second kappa shape index (κ2) is 4.79. The van der Waals surface area contributed by atoms with Gasteiger partial charge >= 0.3 is 0 Å². The largest absolute Gasteiger partial charge is 0.339 e. The van der Waals surface area contributed by atoms with Crippen LogP contribution >= 0.6 is 0 Å². The molecule has 24 heavy (non-hydrogen) atoms. The van der Waals surface area contributed by atoms with Crippen molar-refractivity contribution >= 4 is 22.8 Å². The number of fused-ring (bicyclic) bond motifs is 4. The Kier molecular flexibility index (Phi) is 2.61. The molecule has 0 amide bonds. The zero-order chi connectivity index (χ0) is 16.1. The van der Waals surface area contributed by atoms with Gasteiger partial charge in [-0.2, -0.15) is 4.98 Å². The molecule has 2 heterocycles. The highest BCUT2D eigenvalue weighted by atomic mass is 16.1. The summed E-state index contributed by atoms with van der Waals surface area (Å²) in [5.74, 6) is 0.393. The molecule has 0 unspecified atom stereocenters. The van der Waals surface area contributed by atoms with Crippen LogP contribution in [0.4, 0.5) is 11.6 Å². The number of hydrogen-bond donors (Lipinski definition) is 3. The summed E-state index contributed by atoms with van der Waals surface area (Å²) in [6.45, 7) is 0. The summed E-state index contributed by atoms with van der Waals surface area (Å²) >= 11 is 0. The van der Waals surface area contributed by atoms with E-state index in [-0.39, 0.29) is 5.56 Å². The molecule has 4 aromatic rings. The highest BCUT2D eigenvalue weighted by molar-refractivity contribution is 5.83. The number of rotatable bonds is 2. The number of hydrogen-bond acceptors (Lipinski definition) is 4. The maximum atomic E-state index is 12.1. The molecule has 0 bridgehead atoms. The van der Waals surface area contributed by atoms with Crippen molar-refractivity contribution in [2.75, 3.05) is 5.32 Å². The standard InChI is InChI=1S/C18H13N5O/c24-17-15-16(20-9-19-15)22-18(23-17)21-14-7-3-6-12-11-5-2-1-4-10(11)8-13(12)14/h1-7,9H,8H2,(H3,19,20,21,22,23,24). The van der Waals surface area contributed by atoms with Crippen LogP contribution in [0.2, 0.25) is 0 Å². The van der Waals surface area contributed by atoms with E-state index in [2.05, 4.69) is 55.6 Å². The molecule has 2 aromatic carbocycles. The van der Waals surface area contributed by atoms with Gasteiger partial charge < -0.3 is 10.3 Å². The molecular formula is C18H13N5O. The summed E-state index contributed by atoms with van der Waals surface area (Å²) in [5.41, 5.74) is 6.49. The lowest BCUT2D eigenvalue weighted by Crippen LogP contribution is -2.11. The number of anilines is 2. The van der Waals surface area contributed by atoms with Crippen molar-refractivity contribution in [2.45, 2.75) is 6.42 Å². The normalized spacial score (nSPS) is 12.2. The number of aromatic nitrogens is 4. The van der Waals surface area contributed by atoms with Crippen LogP contribution in [-0.2, 0) is 6.42 Å². The van der Waals surface area contributed by atoms with Gasteiger partial charge in [0.25, 0.3) is 5.56 Å². The van der Waals surface area contributed by atoms with Crippen molar-refractivity contribution < 1.29 is 0 Å². The minimum atomic E-state index is -0.240. The number of benzene rings is 2. The highest BCUT2D eigenvalue weighted by Crippen LogP contribution is 2.40. The second-order valence-corrected chi connectivity index (χ2v) is 5.81. The molecular weight excluding hydrogens is 302 g/mol. The Labute approximate surface area is 136 Å². The number of H-pyrrole nitrogens is 2. The molecule has 116 valence electrons. The summed E-state index contributed by atoms with van der Waals surface area (Å²) in [6.07, 6.45) is 2.33. The molecule has 0 saturated carbocycles. The van der Waals surface area contributed by atoms with E-state index < -0.39 is 0 Å². The van der Waals surface area contributed by atoms with Gasteiger partial charge in [0.2, 0.25) is 5.95 Å². The van der Waals surface area contributed by atoms with E-state index in [1.54, 1.807) is 0 Å². The van der Waals surface area contributed by atoms with E-state index in [4.69, 9.17) is 0 Å². The van der Waals surface area contributed by atoms with Crippen molar-refractivity contribution in [1.82, 2.24) is 19.9 Å². The summed E-state index contributed by atoms with van der Waals surface area (Å²) in [7, 11) is 0. The van der Waals surface area contributed by atoms with Crippen LogP contribution in [0.1, 0.15) is 11.1 Å². The number of nitrogens with zero attached hydrogens (tertiary/aromatic N) is 2. The average Bonchev–Trinajstić information content (AvgIpc) is 3.20. The van der Waals surface area contributed by atoms with Gasteiger partial charge in [-0.1, -0.05) is 36.4 Å². The van der Waals surface area contributed by atoms with E-state index in [1.165, 1.54) is 28.6 Å². The third-order valence-electron chi connectivity index (χ3n) is 4.40. The van der Waals surface area contributed by atoms with E-state index in [0.29, 0.717) is 17.1 Å². The van der Waals surface area contributed by atoms with Crippen molar-refractivity contribution in [3.05, 3.63) is 70.3 Å². The molecule has 2 aromatic heterocycles. The first kappa shape index (κ1) is 13.1. The minimum Gasteiger partial charge on any atom is -0.339 e. The van der Waals surface area contributed by atoms with Crippen LogP contribution in [0.15, 0.2) is 53.6 Å². The average molecular weight is 315 g/mol. The Balaban J connectivity index is 1.60. The molecule has 1 aliphatic rings. The summed E-state index contributed by atoms with van der Waals surface area (Å²) < 4.78 is 0. The van der Waals surface area contributed by atoms with Gasteiger partial charge in [-0.05, 0) is 28.3 Å². The monoisotopic (exact) mass is 315 g/mol. The number of nitrogens with one attached hydrogen (secondary N) is 3. The smallest absolute Gasteiger partial charge is 0.278 e. The minimum absolute atomic E-state index is 0.240. The predicted molar refractivity (Wildman–Crippen MR) is 92.5 cm³/mol. The number of aromatic amines is 2. The Morgan fingerprint density at radius 1 is 1.04 bits per heavy atom. The lowest BCUT2D eigenvalue weighted by Gasteiger charge is -2.10. The Morgan fingerprint density at radius 2 is 1.92 bits per heavy atom. The quantitative estimate of drug-likeness (QED) is 0.467. The molecule has 6 nitrogen and oxygen atoms in total. The molecule has 0 spiro atoms. The van der Waals surface area contributed by atoms with Gasteiger partial charge in [0.15, 0.2) is 11.2 Å². The Bertz CT molecular complexity index is 1140. The van der Waals surface area contributed by atoms with Crippen LogP contribution in [0, 0.1) is 0 Å². The van der Waals surface area contributed by atoms with Gasteiger partial charge in [-0.3, -0.25) is 9.78 Å². The highest BCUT2D eigenvalue weighted by Gasteiger charge is 2.20. The first-order chi connectivity index (χ1) is 11.8. The van der Waals surface area contributed by atoms with Gasteiger partial charge in [0, 0.05) is 12.1 Å². The summed E-state index contributed by atoms with van der Waals surface area (Å²) in [5, 5.41) is 3.24. The molecule has 0 radical (unpaired) electrons. The van der Waals surface area contributed by atoms with Gasteiger partial charge in [0.1, 0.15) is 0 Å². The first-order valence-electron chi connectivity index (χ1n) is 7.70. The van der Waals surface area contributed by atoms with Crippen molar-refractivity contribution in [3.8, 4) is 11.1 Å². The molecule has 0 atom stereocenters. The molecule has 0 fully saturated rings. The van der Waals surface area contributed by atoms with Crippen molar-refractivity contribution in [1.29, 1.82) is 0 Å². The molecule has 1 aliphatic carbocycles. The zero-order valence-electron chi connectivity index (χ0n) is 12.6. The maximum absolute atomic E-state index is 12.1. The fourth-order valence-corrected chi connectivity index (χ4v) is 3.30. The Hall–Kier alpha value is -3.41. The molecule has 0 aliphatic heterocycles. The first-order valence-corrected chi connectivity index (χ1v) is 7.70. The van der Waals surface area contributed by atoms with Crippen molar-refractivity contribution in [3.63, 3.8) is 0 Å². The van der Waals surface area contributed by atoms with Gasteiger partial charge in [0.05, 0.1) is 6.33 Å². The van der Waals surface area contributed by atoms with E-state index in [9.17, 15) is 4.79 Å². The summed E-state index contributed by atoms with van der Waals surface area (Å²) in [6, 6.07) is 14.5. The third-order valence-corrected chi connectivity index (χ3v) is 4.40. The molecule has 6 heteroatoms. The van der Waals surface area contributed by atoms with Gasteiger partial charge in [-0.15, -0.1) is 0 Å². The lowest BCUT2D eigenvalue weighted by atomic mass is 10.1. The second-order valence-electron chi connectivity index (χ2n) is 5.81. The molecule has 5 rings (SSSR count).